The number of carbonyl (C=O) groups excluding carboxylic acids is 1. The van der Waals surface area contributed by atoms with Gasteiger partial charge in [0.1, 0.15) is 0 Å². The van der Waals surface area contributed by atoms with Crippen LogP contribution in [0.15, 0.2) is 30.3 Å². The molecule has 5 nitrogen and oxygen atoms in total. The Morgan fingerprint density at radius 1 is 1.22 bits per heavy atom. The van der Waals surface area contributed by atoms with E-state index in [1.165, 1.54) is 4.88 Å². The Hall–Kier alpha value is -2.03. The second kappa shape index (κ2) is 7.53. The first kappa shape index (κ1) is 18.3. The molecule has 1 fully saturated rings. The van der Waals surface area contributed by atoms with Gasteiger partial charge in [0.15, 0.2) is 5.82 Å². The van der Waals surface area contributed by atoms with E-state index in [1.807, 2.05) is 12.1 Å². The molecule has 0 atom stereocenters. The molecule has 9 heteroatoms. The van der Waals surface area contributed by atoms with Gasteiger partial charge in [-0.3, -0.25) is 9.69 Å². The number of imidazole rings is 1. The van der Waals surface area contributed by atoms with Crippen molar-refractivity contribution in [3.8, 4) is 0 Å². The first-order valence-electron chi connectivity index (χ1n) is 8.53. The Balaban J connectivity index is 1.40. The number of halogens is 3. The van der Waals surface area contributed by atoms with Crippen LogP contribution in [-0.4, -0.2) is 51.9 Å². The Kier molecular flexibility index (Phi) is 5.12. The molecule has 4 rings (SSSR count). The highest BCUT2D eigenvalue weighted by atomic mass is 35.5. The number of nitrogens with one attached hydrogen (secondary N) is 1. The van der Waals surface area contributed by atoms with Crippen LogP contribution in [0.5, 0.6) is 0 Å². The van der Waals surface area contributed by atoms with Gasteiger partial charge in [-0.1, -0.05) is 11.6 Å². The van der Waals surface area contributed by atoms with Gasteiger partial charge in [-0.15, -0.1) is 11.3 Å². The summed E-state index contributed by atoms with van der Waals surface area (Å²) in [6.07, 6.45) is -2.66. The molecule has 0 spiro atoms. The van der Waals surface area contributed by atoms with Crippen LogP contribution >= 0.6 is 22.9 Å². The number of hydrogen-bond acceptors (Lipinski definition) is 4. The van der Waals surface area contributed by atoms with Crippen molar-refractivity contribution < 1.29 is 13.6 Å². The molecule has 2 aromatic heterocycles. The molecule has 0 unspecified atom stereocenters. The number of hydrogen-bond donors (Lipinski definition) is 1. The molecule has 142 valence electrons. The Morgan fingerprint density at radius 2 is 2.00 bits per heavy atom. The van der Waals surface area contributed by atoms with E-state index >= 15 is 0 Å². The topological polar surface area (TPSA) is 52.2 Å². The molecule has 1 amide bonds. The smallest absolute Gasteiger partial charge is 0.295 e. The summed E-state index contributed by atoms with van der Waals surface area (Å²) in [6, 6.07) is 8.75. The van der Waals surface area contributed by atoms with Crippen LogP contribution in [0.3, 0.4) is 0 Å². The largest absolute Gasteiger partial charge is 0.337 e. The molecule has 3 aromatic rings. The summed E-state index contributed by atoms with van der Waals surface area (Å²) in [7, 11) is 0. The molecule has 0 saturated carbocycles. The van der Waals surface area contributed by atoms with Crippen LogP contribution < -0.4 is 0 Å². The van der Waals surface area contributed by atoms with Gasteiger partial charge >= 0.3 is 0 Å². The third-order valence-electron chi connectivity index (χ3n) is 4.62. The van der Waals surface area contributed by atoms with Crippen LogP contribution in [0, 0.1) is 0 Å². The van der Waals surface area contributed by atoms with Crippen molar-refractivity contribution in [3.63, 3.8) is 0 Å². The SMILES string of the molecule is O=C(c1ccc2nc(C(F)F)[nH]c2c1)N1CCN(Cc2ccc(Cl)s2)CC1. The Bertz CT molecular complexity index is 965. The number of carbonyl (C=O) groups is 1. The monoisotopic (exact) mass is 410 g/mol. The van der Waals surface area contributed by atoms with Gasteiger partial charge in [0, 0.05) is 43.2 Å². The number of H-pyrrole nitrogens is 1. The van der Waals surface area contributed by atoms with Crippen molar-refractivity contribution in [1.82, 2.24) is 19.8 Å². The molecule has 1 aliphatic heterocycles. The second-order valence-corrected chi connectivity index (χ2v) is 8.23. The van der Waals surface area contributed by atoms with Crippen LogP contribution in [0.2, 0.25) is 4.34 Å². The molecule has 0 radical (unpaired) electrons. The maximum Gasteiger partial charge on any atom is 0.295 e. The summed E-state index contributed by atoms with van der Waals surface area (Å²) >= 11 is 7.54. The predicted octanol–water partition coefficient (Wildman–Crippen LogP) is 4.17. The predicted molar refractivity (Wildman–Crippen MR) is 102 cm³/mol. The van der Waals surface area contributed by atoms with Gasteiger partial charge in [-0.2, -0.15) is 0 Å². The van der Waals surface area contributed by atoms with E-state index in [2.05, 4.69) is 14.9 Å². The van der Waals surface area contributed by atoms with E-state index in [9.17, 15) is 13.6 Å². The van der Waals surface area contributed by atoms with E-state index in [-0.39, 0.29) is 11.7 Å². The Labute approximate surface area is 163 Å². The molecule has 3 heterocycles. The highest BCUT2D eigenvalue weighted by Gasteiger charge is 2.23. The fourth-order valence-electron chi connectivity index (χ4n) is 3.21. The van der Waals surface area contributed by atoms with Gasteiger partial charge in [-0.05, 0) is 30.3 Å². The Morgan fingerprint density at radius 3 is 2.67 bits per heavy atom. The number of thiophene rings is 1. The normalized spacial score (nSPS) is 15.8. The third-order valence-corrected chi connectivity index (χ3v) is 5.84. The molecule has 1 N–H and O–H groups in total. The molecule has 1 aliphatic rings. The zero-order chi connectivity index (χ0) is 19.0. The molecule has 1 aromatic carbocycles. The van der Waals surface area contributed by atoms with Crippen molar-refractivity contribution >= 4 is 39.9 Å². The minimum atomic E-state index is -2.66. The average Bonchev–Trinajstić information content (AvgIpc) is 3.27. The van der Waals surface area contributed by atoms with Gasteiger partial charge < -0.3 is 9.88 Å². The number of amides is 1. The fraction of sp³-hybridized carbons (Fsp3) is 0.333. The zero-order valence-corrected chi connectivity index (χ0v) is 15.9. The summed E-state index contributed by atoms with van der Waals surface area (Å²) in [4.78, 5) is 24.5. The highest BCUT2D eigenvalue weighted by Crippen LogP contribution is 2.24. The van der Waals surface area contributed by atoms with E-state index in [1.54, 1.807) is 34.4 Å². The lowest BCUT2D eigenvalue weighted by Gasteiger charge is -2.34. The minimum Gasteiger partial charge on any atom is -0.337 e. The highest BCUT2D eigenvalue weighted by molar-refractivity contribution is 7.16. The van der Waals surface area contributed by atoms with Crippen LogP contribution in [0.1, 0.15) is 27.5 Å². The van der Waals surface area contributed by atoms with Crippen molar-refractivity contribution in [1.29, 1.82) is 0 Å². The standard InChI is InChI=1S/C18H17ClF2N4OS/c19-15-4-2-12(27-15)10-24-5-7-25(8-6-24)18(26)11-1-3-13-14(9-11)23-17(22-13)16(20)21/h1-4,9,16H,5-8,10H2,(H,22,23). The fourth-order valence-corrected chi connectivity index (χ4v) is 4.34. The lowest BCUT2D eigenvalue weighted by molar-refractivity contribution is 0.0630. The molecular weight excluding hydrogens is 394 g/mol. The lowest BCUT2D eigenvalue weighted by atomic mass is 10.1. The number of rotatable bonds is 4. The number of nitrogens with zero attached hydrogens (tertiary/aromatic N) is 3. The van der Waals surface area contributed by atoms with Crippen LogP contribution in [0.25, 0.3) is 11.0 Å². The number of piperazine rings is 1. The number of alkyl halides is 2. The van der Waals surface area contributed by atoms with Gasteiger partial charge in [-0.25, -0.2) is 13.8 Å². The summed E-state index contributed by atoms with van der Waals surface area (Å²) in [6.45, 7) is 3.64. The minimum absolute atomic E-state index is 0.0936. The van der Waals surface area contributed by atoms with E-state index in [0.717, 1.165) is 24.0 Å². The van der Waals surface area contributed by atoms with Crippen molar-refractivity contribution in [2.45, 2.75) is 13.0 Å². The molecule has 0 bridgehead atoms. The second-order valence-electron chi connectivity index (χ2n) is 6.43. The van der Waals surface area contributed by atoms with E-state index in [0.29, 0.717) is 29.7 Å². The molecule has 0 aliphatic carbocycles. The van der Waals surface area contributed by atoms with Crippen LogP contribution in [-0.2, 0) is 6.54 Å². The number of aromatic amines is 1. The first-order chi connectivity index (χ1) is 13.0. The quantitative estimate of drug-likeness (QED) is 0.702. The average molecular weight is 411 g/mol. The van der Waals surface area contributed by atoms with Gasteiger partial charge in [0.05, 0.1) is 15.4 Å². The van der Waals surface area contributed by atoms with Crippen LogP contribution in [0.4, 0.5) is 8.78 Å². The molecule has 1 saturated heterocycles. The molecular formula is C18H17ClF2N4OS. The first-order valence-corrected chi connectivity index (χ1v) is 9.73. The van der Waals surface area contributed by atoms with E-state index < -0.39 is 6.43 Å². The third kappa shape index (κ3) is 3.97. The lowest BCUT2D eigenvalue weighted by Crippen LogP contribution is -2.48. The van der Waals surface area contributed by atoms with E-state index in [4.69, 9.17) is 11.6 Å². The zero-order valence-electron chi connectivity index (χ0n) is 14.3. The summed E-state index contributed by atoms with van der Waals surface area (Å²) in [5.41, 5.74) is 1.36. The summed E-state index contributed by atoms with van der Waals surface area (Å²) < 4.78 is 26.3. The molecule has 27 heavy (non-hydrogen) atoms. The van der Waals surface area contributed by atoms with Gasteiger partial charge in [0.2, 0.25) is 0 Å². The van der Waals surface area contributed by atoms with Gasteiger partial charge in [0.25, 0.3) is 12.3 Å². The number of fused-ring (bicyclic) bond motifs is 1. The maximum atomic E-state index is 12.8. The number of aromatic nitrogens is 2. The number of benzene rings is 1. The van der Waals surface area contributed by atoms with Crippen molar-refractivity contribution in [2.75, 3.05) is 26.2 Å². The summed E-state index contributed by atoms with van der Waals surface area (Å²) in [5.74, 6) is -0.471. The summed E-state index contributed by atoms with van der Waals surface area (Å²) in [5, 5.41) is 0. The maximum absolute atomic E-state index is 12.8. The van der Waals surface area contributed by atoms with Crippen molar-refractivity contribution in [3.05, 3.63) is 50.9 Å². The van der Waals surface area contributed by atoms with Crippen molar-refractivity contribution in [2.24, 2.45) is 0 Å².